The Morgan fingerprint density at radius 2 is 2.07 bits per heavy atom. The topological polar surface area (TPSA) is 117 Å². The van der Waals surface area contributed by atoms with Crippen LogP contribution in [0.5, 0.6) is 5.88 Å². The van der Waals surface area contributed by atoms with Gasteiger partial charge in [-0.3, -0.25) is 19.5 Å². The van der Waals surface area contributed by atoms with Crippen LogP contribution in [-0.2, 0) is 19.1 Å². The van der Waals surface area contributed by atoms with Gasteiger partial charge in [0.05, 0.1) is 19.5 Å². The number of nitrogens with one attached hydrogen (secondary N) is 1. The van der Waals surface area contributed by atoms with Crippen molar-refractivity contribution in [3.63, 3.8) is 0 Å². The number of carbonyl (C=O) groups is 2. The van der Waals surface area contributed by atoms with Gasteiger partial charge in [0.15, 0.2) is 23.5 Å². The molecule has 1 saturated heterocycles. The Kier molecular flexibility index (Phi) is 5.26. The molecule has 2 aromatic heterocycles. The van der Waals surface area contributed by atoms with Gasteiger partial charge < -0.3 is 14.2 Å². The van der Waals surface area contributed by atoms with E-state index in [4.69, 9.17) is 14.2 Å². The van der Waals surface area contributed by atoms with Crippen molar-refractivity contribution in [2.75, 3.05) is 12.4 Å². The molecule has 2 aromatic rings. The number of anilines is 1. The lowest BCUT2D eigenvalue weighted by Gasteiger charge is -2.22. The van der Waals surface area contributed by atoms with E-state index >= 15 is 0 Å². The molecule has 0 aliphatic carbocycles. The van der Waals surface area contributed by atoms with Crippen molar-refractivity contribution in [1.29, 1.82) is 0 Å². The van der Waals surface area contributed by atoms with Crippen molar-refractivity contribution in [3.05, 3.63) is 6.33 Å². The Bertz CT molecular complexity index is 867. The minimum atomic E-state index is -0.594. The zero-order valence-corrected chi connectivity index (χ0v) is 15.9. The molecule has 1 aliphatic rings. The van der Waals surface area contributed by atoms with Gasteiger partial charge >= 0.3 is 5.97 Å². The van der Waals surface area contributed by atoms with E-state index in [1.165, 1.54) is 21.0 Å². The van der Waals surface area contributed by atoms with E-state index in [2.05, 4.69) is 20.3 Å². The van der Waals surface area contributed by atoms with E-state index in [1.54, 1.807) is 10.9 Å². The van der Waals surface area contributed by atoms with Crippen LogP contribution >= 0.6 is 0 Å². The molecule has 0 bridgehead atoms. The number of methoxy groups -OCH3 is 1. The minimum absolute atomic E-state index is 0.0000946. The maximum Gasteiger partial charge on any atom is 0.303 e. The fourth-order valence-electron chi connectivity index (χ4n) is 3.33. The molecule has 1 aliphatic heterocycles. The molecule has 10 heteroatoms. The molecule has 3 rings (SSSR count). The largest absolute Gasteiger partial charge is 0.479 e. The maximum absolute atomic E-state index is 11.6. The quantitative estimate of drug-likeness (QED) is 0.782. The molecule has 0 aromatic carbocycles. The van der Waals surface area contributed by atoms with Gasteiger partial charge in [0, 0.05) is 19.8 Å². The first kappa shape index (κ1) is 19.0. The lowest BCUT2D eigenvalue weighted by molar-refractivity contribution is -0.153. The predicted molar refractivity (Wildman–Crippen MR) is 95.1 cm³/mol. The lowest BCUT2D eigenvalue weighted by atomic mass is 9.98. The van der Waals surface area contributed by atoms with Gasteiger partial charge in [-0.15, -0.1) is 0 Å². The number of esters is 1. The van der Waals surface area contributed by atoms with Crippen molar-refractivity contribution in [1.82, 2.24) is 19.5 Å². The number of rotatable bonds is 5. The Balaban J connectivity index is 2.09. The number of nitrogens with zero attached hydrogens (tertiary/aromatic N) is 4. The van der Waals surface area contributed by atoms with E-state index in [0.717, 1.165) is 6.42 Å². The van der Waals surface area contributed by atoms with E-state index in [9.17, 15) is 9.59 Å². The standard InChI is InChI=1S/C17H23N5O5/c1-6-11-8(2)13(26-10(4)24)16(27-11)22-7-18-12-14(22)20-17(19-9(3)23)21-15(12)25-5/h7-8,11,13,16H,6H2,1-5H3,(H,19,20,21,23)/t8-,11-,13-,16-/m1/s1. The minimum Gasteiger partial charge on any atom is -0.479 e. The first-order chi connectivity index (χ1) is 12.8. The van der Waals surface area contributed by atoms with E-state index in [-0.39, 0.29) is 35.7 Å². The van der Waals surface area contributed by atoms with Crippen LogP contribution in [0.25, 0.3) is 11.2 Å². The summed E-state index contributed by atoms with van der Waals surface area (Å²) in [5, 5.41) is 2.54. The fraction of sp³-hybridized carbons (Fsp3) is 0.588. The SMILES string of the molecule is CC[C@H]1O[C@@H](n2cnc3c(OC)nc(NC(C)=O)nc32)[C@H](OC(C)=O)[C@@H]1C. The number of hydrogen-bond acceptors (Lipinski definition) is 8. The Morgan fingerprint density at radius 1 is 1.33 bits per heavy atom. The molecule has 1 N–H and O–H groups in total. The number of imidazole rings is 1. The van der Waals surface area contributed by atoms with Gasteiger partial charge in [-0.2, -0.15) is 9.97 Å². The van der Waals surface area contributed by atoms with Gasteiger partial charge in [-0.1, -0.05) is 13.8 Å². The summed E-state index contributed by atoms with van der Waals surface area (Å²) in [6, 6.07) is 0. The first-order valence-electron chi connectivity index (χ1n) is 8.74. The molecule has 146 valence electrons. The molecular formula is C17H23N5O5. The van der Waals surface area contributed by atoms with Crippen molar-refractivity contribution in [2.24, 2.45) is 5.92 Å². The second kappa shape index (κ2) is 7.47. The summed E-state index contributed by atoms with van der Waals surface area (Å²) in [5.41, 5.74) is 0.834. The first-order valence-corrected chi connectivity index (χ1v) is 8.74. The lowest BCUT2D eigenvalue weighted by Crippen LogP contribution is -2.29. The van der Waals surface area contributed by atoms with E-state index < -0.39 is 12.3 Å². The van der Waals surface area contributed by atoms with E-state index in [0.29, 0.717) is 11.2 Å². The molecule has 0 unspecified atom stereocenters. The van der Waals surface area contributed by atoms with Crippen LogP contribution in [0.1, 0.15) is 40.3 Å². The predicted octanol–water partition coefficient (Wildman–Crippen LogP) is 1.67. The van der Waals surface area contributed by atoms with Crippen LogP contribution in [-0.4, -0.2) is 50.7 Å². The summed E-state index contributed by atoms with van der Waals surface area (Å²) >= 11 is 0. The van der Waals surface area contributed by atoms with Crippen LogP contribution in [0.4, 0.5) is 5.95 Å². The molecule has 3 heterocycles. The molecule has 0 radical (unpaired) electrons. The summed E-state index contributed by atoms with van der Waals surface area (Å²) in [7, 11) is 1.46. The molecule has 1 fully saturated rings. The molecule has 0 spiro atoms. The van der Waals surface area contributed by atoms with Gasteiger partial charge in [0.1, 0.15) is 0 Å². The van der Waals surface area contributed by atoms with Crippen molar-refractivity contribution in [3.8, 4) is 5.88 Å². The Labute approximate surface area is 156 Å². The van der Waals surface area contributed by atoms with Crippen LogP contribution < -0.4 is 10.1 Å². The Hall–Kier alpha value is -2.75. The Morgan fingerprint density at radius 3 is 2.67 bits per heavy atom. The number of fused-ring (bicyclic) bond motifs is 1. The summed E-state index contributed by atoms with van der Waals surface area (Å²) < 4.78 is 18.6. The molecule has 10 nitrogen and oxygen atoms in total. The highest BCUT2D eigenvalue weighted by atomic mass is 16.6. The van der Waals surface area contributed by atoms with Crippen LogP contribution in [0, 0.1) is 5.92 Å². The van der Waals surface area contributed by atoms with Gasteiger partial charge in [-0.25, -0.2) is 4.98 Å². The number of ether oxygens (including phenoxy) is 3. The second-order valence-electron chi connectivity index (χ2n) is 6.47. The smallest absolute Gasteiger partial charge is 0.303 e. The number of carbonyl (C=O) groups excluding carboxylic acids is 2. The normalized spacial score (nSPS) is 24.8. The number of aromatic nitrogens is 4. The third-order valence-corrected chi connectivity index (χ3v) is 4.55. The number of hydrogen-bond donors (Lipinski definition) is 1. The summed E-state index contributed by atoms with van der Waals surface area (Å²) in [4.78, 5) is 35.8. The van der Waals surface area contributed by atoms with Crippen molar-refractivity contribution in [2.45, 2.75) is 52.6 Å². The molecule has 1 amide bonds. The summed E-state index contributed by atoms with van der Waals surface area (Å²) in [6.45, 7) is 6.73. The second-order valence-corrected chi connectivity index (χ2v) is 6.47. The maximum atomic E-state index is 11.6. The van der Waals surface area contributed by atoms with Crippen LogP contribution in [0.15, 0.2) is 6.33 Å². The third-order valence-electron chi connectivity index (χ3n) is 4.55. The van der Waals surface area contributed by atoms with Crippen molar-refractivity contribution >= 4 is 29.0 Å². The van der Waals surface area contributed by atoms with Gasteiger partial charge in [-0.05, 0) is 6.42 Å². The summed E-state index contributed by atoms with van der Waals surface area (Å²) in [6.07, 6.45) is 1.16. The number of amides is 1. The van der Waals surface area contributed by atoms with Crippen molar-refractivity contribution < 1.29 is 23.8 Å². The zero-order valence-electron chi connectivity index (χ0n) is 15.9. The van der Waals surface area contributed by atoms with Crippen LogP contribution in [0.2, 0.25) is 0 Å². The average Bonchev–Trinajstić information content (AvgIpc) is 3.15. The fourth-order valence-corrected chi connectivity index (χ4v) is 3.33. The highest BCUT2D eigenvalue weighted by Crippen LogP contribution is 2.39. The third kappa shape index (κ3) is 3.57. The van der Waals surface area contributed by atoms with Crippen LogP contribution in [0.3, 0.4) is 0 Å². The molecule has 27 heavy (non-hydrogen) atoms. The zero-order chi connectivity index (χ0) is 19.7. The molecule has 4 atom stereocenters. The van der Waals surface area contributed by atoms with Gasteiger partial charge in [0.2, 0.25) is 17.7 Å². The highest BCUT2D eigenvalue weighted by Gasteiger charge is 2.45. The molecular weight excluding hydrogens is 354 g/mol. The monoisotopic (exact) mass is 377 g/mol. The van der Waals surface area contributed by atoms with E-state index in [1.807, 2.05) is 13.8 Å². The highest BCUT2D eigenvalue weighted by molar-refractivity contribution is 5.88. The van der Waals surface area contributed by atoms with Gasteiger partial charge in [0.25, 0.3) is 0 Å². The summed E-state index contributed by atoms with van der Waals surface area (Å²) in [5.74, 6) is -0.370. The molecule has 0 saturated carbocycles. The average molecular weight is 377 g/mol.